The minimum Gasteiger partial charge on any atom is -0.361 e. The quantitative estimate of drug-likeness (QED) is 0.344. The standard InChI is InChI=1S/C14H21N2O6S/c1-14(10-16(2,3)8-9-21-14)11-22-23(19,20)13-6-4-12(5-7-13)15(17)18/h4-7H,8-11H2,1-3H3/q+1. The van der Waals surface area contributed by atoms with Crippen LogP contribution in [-0.2, 0) is 19.0 Å². The van der Waals surface area contributed by atoms with Crippen molar-refractivity contribution in [3.63, 3.8) is 0 Å². The molecule has 1 aliphatic heterocycles. The lowest BCUT2D eigenvalue weighted by Gasteiger charge is -2.43. The number of hydrogen-bond acceptors (Lipinski definition) is 6. The van der Waals surface area contributed by atoms with Crippen LogP contribution in [0.2, 0.25) is 0 Å². The summed E-state index contributed by atoms with van der Waals surface area (Å²) in [5.74, 6) is 0. The fourth-order valence-electron chi connectivity index (χ4n) is 2.66. The molecule has 1 atom stereocenters. The fourth-order valence-corrected chi connectivity index (χ4v) is 3.67. The van der Waals surface area contributed by atoms with Crippen LogP contribution >= 0.6 is 0 Å². The van der Waals surface area contributed by atoms with Crippen molar-refractivity contribution in [2.75, 3.05) is 40.4 Å². The van der Waals surface area contributed by atoms with E-state index in [0.29, 0.717) is 13.2 Å². The predicted molar refractivity (Wildman–Crippen MR) is 82.4 cm³/mol. The minimum absolute atomic E-state index is 0.103. The van der Waals surface area contributed by atoms with Gasteiger partial charge in [0.15, 0.2) is 0 Å². The Kier molecular flexibility index (Phi) is 4.76. The van der Waals surface area contributed by atoms with Crippen LogP contribution in [0.25, 0.3) is 0 Å². The second-order valence-electron chi connectivity index (χ2n) is 6.58. The summed E-state index contributed by atoms with van der Waals surface area (Å²) < 4.78 is 35.9. The predicted octanol–water partition coefficient (Wildman–Crippen LogP) is 1.17. The fraction of sp³-hybridized carbons (Fsp3) is 0.571. The maximum atomic E-state index is 12.2. The lowest BCUT2D eigenvalue weighted by atomic mass is 10.1. The molecule has 0 spiro atoms. The third kappa shape index (κ3) is 4.47. The molecule has 128 valence electrons. The first kappa shape index (κ1) is 17.8. The first-order chi connectivity index (χ1) is 10.5. The van der Waals surface area contributed by atoms with Crippen LogP contribution in [0.4, 0.5) is 5.69 Å². The molecule has 0 N–H and O–H groups in total. The molecule has 8 nitrogen and oxygen atoms in total. The average molecular weight is 345 g/mol. The molecular weight excluding hydrogens is 324 g/mol. The number of nitro benzene ring substituents is 1. The van der Waals surface area contributed by atoms with E-state index in [1.54, 1.807) is 0 Å². The summed E-state index contributed by atoms with van der Waals surface area (Å²) >= 11 is 0. The Morgan fingerprint density at radius 3 is 2.48 bits per heavy atom. The van der Waals surface area contributed by atoms with Gasteiger partial charge in [-0.25, -0.2) is 0 Å². The highest BCUT2D eigenvalue weighted by molar-refractivity contribution is 7.86. The molecule has 1 aromatic rings. The highest BCUT2D eigenvalue weighted by Gasteiger charge is 2.40. The molecule has 1 unspecified atom stereocenters. The largest absolute Gasteiger partial charge is 0.361 e. The van der Waals surface area contributed by atoms with Crippen LogP contribution in [0.3, 0.4) is 0 Å². The number of likely N-dealkylation sites (N-methyl/N-ethyl adjacent to an activating group) is 1. The Hall–Kier alpha value is -1.55. The van der Waals surface area contributed by atoms with Gasteiger partial charge in [-0.15, -0.1) is 0 Å². The highest BCUT2D eigenvalue weighted by Crippen LogP contribution is 2.24. The molecule has 1 fully saturated rings. The summed E-state index contributed by atoms with van der Waals surface area (Å²) in [6.45, 7) is 3.73. The van der Waals surface area contributed by atoms with Crippen molar-refractivity contribution in [2.45, 2.75) is 17.4 Å². The van der Waals surface area contributed by atoms with Gasteiger partial charge in [0.05, 0.1) is 30.5 Å². The van der Waals surface area contributed by atoms with E-state index in [1.165, 1.54) is 0 Å². The Bertz CT molecular complexity index is 686. The molecule has 23 heavy (non-hydrogen) atoms. The van der Waals surface area contributed by atoms with E-state index in [-0.39, 0.29) is 17.2 Å². The molecule has 9 heteroatoms. The van der Waals surface area contributed by atoms with E-state index in [1.807, 2.05) is 21.0 Å². The molecule has 0 aromatic heterocycles. The summed E-state index contributed by atoms with van der Waals surface area (Å²) in [6, 6.07) is 4.60. The number of hydrogen-bond donors (Lipinski definition) is 0. The highest BCUT2D eigenvalue weighted by atomic mass is 32.2. The molecule has 1 aliphatic rings. The molecule has 0 bridgehead atoms. The van der Waals surface area contributed by atoms with Gasteiger partial charge in [0.1, 0.15) is 25.3 Å². The molecule has 0 radical (unpaired) electrons. The number of ether oxygens (including phenoxy) is 1. The number of nitrogens with zero attached hydrogens (tertiary/aromatic N) is 2. The van der Waals surface area contributed by atoms with Gasteiger partial charge in [-0.1, -0.05) is 0 Å². The molecule has 0 saturated carbocycles. The Labute approximate surface area is 135 Å². The van der Waals surface area contributed by atoms with Gasteiger partial charge in [0.25, 0.3) is 15.8 Å². The van der Waals surface area contributed by atoms with E-state index in [9.17, 15) is 18.5 Å². The SMILES string of the molecule is CC1(COS(=O)(=O)c2ccc([N+](=O)[O-])cc2)C[N+](C)(C)CCO1. The van der Waals surface area contributed by atoms with Crippen molar-refractivity contribution in [3.8, 4) is 0 Å². The summed E-state index contributed by atoms with van der Waals surface area (Å²) in [6.07, 6.45) is 0. The number of quaternary nitrogens is 1. The average Bonchev–Trinajstić information content (AvgIpc) is 2.44. The van der Waals surface area contributed by atoms with Crippen molar-refractivity contribution in [1.29, 1.82) is 0 Å². The van der Waals surface area contributed by atoms with Crippen molar-refractivity contribution in [1.82, 2.24) is 0 Å². The summed E-state index contributed by atoms with van der Waals surface area (Å²) in [4.78, 5) is 9.90. The van der Waals surface area contributed by atoms with Crippen LogP contribution in [-0.4, -0.2) is 63.8 Å². The molecule has 1 heterocycles. The lowest BCUT2D eigenvalue weighted by Crippen LogP contribution is -2.59. The van der Waals surface area contributed by atoms with Crippen LogP contribution in [0.1, 0.15) is 6.92 Å². The van der Waals surface area contributed by atoms with Crippen molar-refractivity contribution >= 4 is 15.8 Å². The topological polar surface area (TPSA) is 95.7 Å². The van der Waals surface area contributed by atoms with E-state index in [4.69, 9.17) is 8.92 Å². The molecule has 0 aliphatic carbocycles. The van der Waals surface area contributed by atoms with Gasteiger partial charge >= 0.3 is 0 Å². The molecule has 0 amide bonds. The van der Waals surface area contributed by atoms with Gasteiger partial charge in [-0.2, -0.15) is 8.42 Å². The van der Waals surface area contributed by atoms with Crippen LogP contribution in [0, 0.1) is 10.1 Å². The number of nitro groups is 1. The van der Waals surface area contributed by atoms with Crippen LogP contribution in [0.5, 0.6) is 0 Å². The Morgan fingerprint density at radius 2 is 1.96 bits per heavy atom. The summed E-state index contributed by atoms with van der Waals surface area (Å²) in [5, 5.41) is 10.6. The van der Waals surface area contributed by atoms with Crippen molar-refractivity contribution in [3.05, 3.63) is 34.4 Å². The maximum absolute atomic E-state index is 12.2. The second-order valence-corrected chi connectivity index (χ2v) is 8.20. The Balaban J connectivity index is 2.08. The third-order valence-corrected chi connectivity index (χ3v) is 5.04. The van der Waals surface area contributed by atoms with Crippen molar-refractivity contribution < 1.29 is 26.7 Å². The zero-order valence-corrected chi connectivity index (χ0v) is 14.2. The second kappa shape index (κ2) is 6.16. The number of non-ortho nitro benzene ring substituents is 1. The molecule has 1 saturated heterocycles. The number of morpholine rings is 1. The van der Waals surface area contributed by atoms with Gasteiger partial charge in [-0.3, -0.25) is 14.3 Å². The summed E-state index contributed by atoms with van der Waals surface area (Å²) in [7, 11) is 0.107. The van der Waals surface area contributed by atoms with Gasteiger partial charge in [0.2, 0.25) is 0 Å². The van der Waals surface area contributed by atoms with E-state index in [0.717, 1.165) is 35.3 Å². The van der Waals surface area contributed by atoms with Crippen molar-refractivity contribution in [2.24, 2.45) is 0 Å². The minimum atomic E-state index is -3.99. The maximum Gasteiger partial charge on any atom is 0.297 e. The van der Waals surface area contributed by atoms with E-state index < -0.39 is 20.6 Å². The summed E-state index contributed by atoms with van der Waals surface area (Å²) in [5.41, 5.74) is -0.874. The van der Waals surface area contributed by atoms with Gasteiger partial charge in [0, 0.05) is 12.1 Å². The first-order valence-corrected chi connectivity index (χ1v) is 8.54. The zero-order valence-electron chi connectivity index (χ0n) is 13.4. The van der Waals surface area contributed by atoms with Gasteiger partial charge in [-0.05, 0) is 19.1 Å². The Morgan fingerprint density at radius 1 is 1.35 bits per heavy atom. The number of rotatable bonds is 5. The normalized spacial score (nSPS) is 24.3. The zero-order chi connectivity index (χ0) is 17.3. The van der Waals surface area contributed by atoms with E-state index >= 15 is 0 Å². The lowest BCUT2D eigenvalue weighted by molar-refractivity contribution is -0.905. The molecule has 2 rings (SSSR count). The first-order valence-electron chi connectivity index (χ1n) is 7.13. The van der Waals surface area contributed by atoms with Crippen LogP contribution in [0.15, 0.2) is 29.2 Å². The molecular formula is C14H21N2O6S+. The van der Waals surface area contributed by atoms with Gasteiger partial charge < -0.3 is 9.22 Å². The number of benzene rings is 1. The monoisotopic (exact) mass is 345 g/mol. The molecule has 1 aromatic carbocycles. The van der Waals surface area contributed by atoms with Crippen LogP contribution < -0.4 is 0 Å². The van der Waals surface area contributed by atoms with E-state index in [2.05, 4.69) is 0 Å². The smallest absolute Gasteiger partial charge is 0.297 e. The third-order valence-electron chi connectivity index (χ3n) is 3.77.